The van der Waals surface area contributed by atoms with E-state index in [1.165, 1.54) is 11.3 Å². The van der Waals surface area contributed by atoms with Gasteiger partial charge >= 0.3 is 0 Å². The van der Waals surface area contributed by atoms with Crippen molar-refractivity contribution in [1.29, 1.82) is 0 Å². The number of carbonyl (C=O) groups excluding carboxylic acids is 1. The van der Waals surface area contributed by atoms with E-state index in [2.05, 4.69) is 10.3 Å². The van der Waals surface area contributed by atoms with Crippen LogP contribution in [0, 0.1) is 6.92 Å². The highest BCUT2D eigenvalue weighted by Gasteiger charge is 2.47. The van der Waals surface area contributed by atoms with Crippen LogP contribution in [0.4, 0.5) is 0 Å². The van der Waals surface area contributed by atoms with E-state index in [9.17, 15) is 9.90 Å². The third-order valence-corrected chi connectivity index (χ3v) is 4.75. The van der Waals surface area contributed by atoms with Gasteiger partial charge in [0.1, 0.15) is 24.0 Å². The van der Waals surface area contributed by atoms with E-state index in [0.717, 1.165) is 4.96 Å². The molecule has 2 saturated heterocycles. The summed E-state index contributed by atoms with van der Waals surface area (Å²) in [5.74, 6) is -0.197. The van der Waals surface area contributed by atoms with E-state index >= 15 is 0 Å². The quantitative estimate of drug-likeness (QED) is 0.813. The van der Waals surface area contributed by atoms with Gasteiger partial charge in [-0.05, 0) is 6.92 Å². The Balaban J connectivity index is 1.56. The third kappa shape index (κ3) is 1.98. The van der Waals surface area contributed by atoms with Gasteiger partial charge in [0.05, 0.1) is 24.9 Å². The second-order valence-electron chi connectivity index (χ2n) is 5.34. The van der Waals surface area contributed by atoms with Gasteiger partial charge in [0.15, 0.2) is 4.96 Å². The minimum absolute atomic E-state index is 0.197. The number of aliphatic hydroxyl groups is 1. The van der Waals surface area contributed by atoms with Gasteiger partial charge in [-0.2, -0.15) is 0 Å². The maximum absolute atomic E-state index is 12.5. The fraction of sp³-hybridized carbons (Fsp3) is 0.538. The van der Waals surface area contributed by atoms with Crippen LogP contribution in [0.2, 0.25) is 0 Å². The monoisotopic (exact) mass is 309 g/mol. The predicted molar refractivity (Wildman–Crippen MR) is 74.5 cm³/mol. The number of thiazole rings is 1. The number of rotatable bonds is 2. The maximum atomic E-state index is 12.5. The van der Waals surface area contributed by atoms with Crippen molar-refractivity contribution in [3.8, 4) is 0 Å². The second kappa shape index (κ2) is 4.77. The zero-order valence-electron chi connectivity index (χ0n) is 11.4. The van der Waals surface area contributed by atoms with E-state index in [0.29, 0.717) is 18.0 Å². The van der Waals surface area contributed by atoms with E-state index < -0.39 is 6.10 Å². The summed E-state index contributed by atoms with van der Waals surface area (Å²) in [4.78, 5) is 17.7. The first-order chi connectivity index (χ1) is 10.1. The zero-order valence-corrected chi connectivity index (χ0v) is 12.2. The standard InChI is InChI=1S/C13H15N3O4S/c1-6-9(16-2-3-21-13(16)14-6)12(18)15-7-4-19-11-8(17)5-20-10(7)11/h2-3,7-8,10-11,17H,4-5H2,1H3,(H,15,18)/t7-,8+,10+,11+/m0/s1. The number of amides is 1. The van der Waals surface area contributed by atoms with Crippen LogP contribution in [-0.2, 0) is 9.47 Å². The number of fused-ring (bicyclic) bond motifs is 2. The van der Waals surface area contributed by atoms with Crippen molar-refractivity contribution in [1.82, 2.24) is 14.7 Å². The highest BCUT2D eigenvalue weighted by molar-refractivity contribution is 7.15. The first-order valence-electron chi connectivity index (χ1n) is 6.79. The SMILES string of the molecule is Cc1nc2sccn2c1C(=O)N[C@H]1CO[C@H]2[C@@H]1OC[C@H]2O. The first-order valence-corrected chi connectivity index (χ1v) is 7.67. The van der Waals surface area contributed by atoms with Crippen molar-refractivity contribution in [3.05, 3.63) is 23.0 Å². The molecule has 2 fully saturated rings. The smallest absolute Gasteiger partial charge is 0.270 e. The summed E-state index contributed by atoms with van der Waals surface area (Å²) in [5, 5.41) is 14.5. The van der Waals surface area contributed by atoms with Crippen molar-refractivity contribution in [2.24, 2.45) is 0 Å². The molecule has 4 heterocycles. The summed E-state index contributed by atoms with van der Waals surface area (Å²) in [6.07, 6.45) is 0.592. The number of imidazole rings is 1. The number of hydrogen-bond acceptors (Lipinski definition) is 6. The molecule has 0 bridgehead atoms. The van der Waals surface area contributed by atoms with Crippen LogP contribution in [0.25, 0.3) is 4.96 Å². The number of aryl methyl sites for hydroxylation is 1. The molecule has 0 saturated carbocycles. The fourth-order valence-corrected chi connectivity index (χ4v) is 3.77. The summed E-state index contributed by atoms with van der Waals surface area (Å²) in [7, 11) is 0. The lowest BCUT2D eigenvalue weighted by atomic mass is 10.1. The molecule has 1 amide bonds. The van der Waals surface area contributed by atoms with Gasteiger partial charge in [-0.1, -0.05) is 0 Å². The molecule has 0 aromatic carbocycles. The van der Waals surface area contributed by atoms with Crippen LogP contribution in [0.3, 0.4) is 0 Å². The highest BCUT2D eigenvalue weighted by Crippen LogP contribution is 2.27. The molecule has 112 valence electrons. The summed E-state index contributed by atoms with van der Waals surface area (Å²) < 4.78 is 12.8. The Labute approximate surface area is 124 Å². The number of ether oxygens (including phenoxy) is 2. The van der Waals surface area contributed by atoms with Crippen LogP contribution in [0.15, 0.2) is 11.6 Å². The Morgan fingerprint density at radius 1 is 1.48 bits per heavy atom. The van der Waals surface area contributed by atoms with Crippen LogP contribution in [0.5, 0.6) is 0 Å². The predicted octanol–water partition coefficient (Wildman–Crippen LogP) is -0.0389. The van der Waals surface area contributed by atoms with E-state index in [-0.39, 0.29) is 30.8 Å². The van der Waals surface area contributed by atoms with E-state index in [4.69, 9.17) is 9.47 Å². The van der Waals surface area contributed by atoms with Crippen LogP contribution >= 0.6 is 11.3 Å². The maximum Gasteiger partial charge on any atom is 0.270 e. The van der Waals surface area contributed by atoms with Crippen molar-refractivity contribution in [3.63, 3.8) is 0 Å². The first kappa shape index (κ1) is 13.2. The summed E-state index contributed by atoms with van der Waals surface area (Å²) in [6, 6.07) is -0.247. The molecule has 4 atom stereocenters. The molecular weight excluding hydrogens is 294 g/mol. The number of aromatic nitrogens is 2. The fourth-order valence-electron chi connectivity index (χ4n) is 3.01. The molecule has 2 aromatic rings. The summed E-state index contributed by atoms with van der Waals surface area (Å²) >= 11 is 1.49. The molecule has 0 unspecified atom stereocenters. The topological polar surface area (TPSA) is 85.1 Å². The number of hydrogen-bond donors (Lipinski definition) is 2. The van der Waals surface area contributed by atoms with Crippen LogP contribution < -0.4 is 5.32 Å². The van der Waals surface area contributed by atoms with Gasteiger partial charge in [0.25, 0.3) is 5.91 Å². The second-order valence-corrected chi connectivity index (χ2v) is 6.22. The average Bonchev–Trinajstić information content (AvgIpc) is 3.14. The van der Waals surface area contributed by atoms with Gasteiger partial charge in [-0.3, -0.25) is 9.20 Å². The third-order valence-electron chi connectivity index (χ3n) is 4.00. The van der Waals surface area contributed by atoms with Crippen molar-refractivity contribution < 1.29 is 19.4 Å². The lowest BCUT2D eigenvalue weighted by molar-refractivity contribution is 0.0178. The van der Waals surface area contributed by atoms with E-state index in [1.54, 1.807) is 4.40 Å². The molecule has 2 aliphatic heterocycles. The van der Waals surface area contributed by atoms with Crippen LogP contribution in [0.1, 0.15) is 16.2 Å². The number of carbonyl (C=O) groups is 1. The van der Waals surface area contributed by atoms with Crippen molar-refractivity contribution in [2.45, 2.75) is 31.3 Å². The van der Waals surface area contributed by atoms with E-state index in [1.807, 2.05) is 18.5 Å². The molecular formula is C13H15N3O4S. The number of aliphatic hydroxyl groups excluding tert-OH is 1. The minimum atomic E-state index is -0.614. The lowest BCUT2D eigenvalue weighted by Gasteiger charge is -2.17. The Bertz CT molecular complexity index is 697. The number of nitrogens with zero attached hydrogens (tertiary/aromatic N) is 2. The molecule has 21 heavy (non-hydrogen) atoms. The molecule has 0 spiro atoms. The minimum Gasteiger partial charge on any atom is -0.388 e. The largest absolute Gasteiger partial charge is 0.388 e. The molecule has 2 aliphatic rings. The molecule has 0 radical (unpaired) electrons. The molecule has 8 heteroatoms. The van der Waals surface area contributed by atoms with Gasteiger partial charge in [-0.15, -0.1) is 11.3 Å². The van der Waals surface area contributed by atoms with Gasteiger partial charge < -0.3 is 19.9 Å². The Kier molecular flexibility index (Phi) is 3.00. The molecule has 0 aliphatic carbocycles. The number of nitrogens with one attached hydrogen (secondary N) is 1. The Hall–Kier alpha value is -1.48. The molecule has 7 nitrogen and oxygen atoms in total. The summed E-state index contributed by atoms with van der Waals surface area (Å²) in [5.41, 5.74) is 1.23. The van der Waals surface area contributed by atoms with Crippen LogP contribution in [-0.4, -0.2) is 58.0 Å². The normalized spacial score (nSPS) is 31.7. The van der Waals surface area contributed by atoms with Crippen molar-refractivity contribution >= 4 is 22.2 Å². The van der Waals surface area contributed by atoms with Gasteiger partial charge in [0, 0.05) is 11.6 Å². The average molecular weight is 309 g/mol. The zero-order chi connectivity index (χ0) is 14.6. The highest BCUT2D eigenvalue weighted by atomic mass is 32.1. The molecule has 4 rings (SSSR count). The van der Waals surface area contributed by atoms with Gasteiger partial charge in [0.2, 0.25) is 0 Å². The molecule has 2 N–H and O–H groups in total. The Morgan fingerprint density at radius 2 is 2.29 bits per heavy atom. The van der Waals surface area contributed by atoms with Crippen molar-refractivity contribution in [2.75, 3.05) is 13.2 Å². The Morgan fingerprint density at radius 3 is 3.14 bits per heavy atom. The summed E-state index contributed by atoms with van der Waals surface area (Å²) in [6.45, 7) is 2.42. The van der Waals surface area contributed by atoms with Gasteiger partial charge in [-0.25, -0.2) is 4.98 Å². The molecule has 2 aromatic heterocycles. The lowest BCUT2D eigenvalue weighted by Crippen LogP contribution is -2.44.